The predicted molar refractivity (Wildman–Crippen MR) is 64.3 cm³/mol. The topological polar surface area (TPSA) is 59.3 Å². The van der Waals surface area contributed by atoms with Gasteiger partial charge in [-0.2, -0.15) is 0 Å². The van der Waals surface area contributed by atoms with Crippen LogP contribution in [0.5, 0.6) is 0 Å². The van der Waals surface area contributed by atoms with Crippen molar-refractivity contribution in [1.29, 1.82) is 0 Å². The maximum absolute atomic E-state index is 11.5. The first kappa shape index (κ1) is 11.4. The van der Waals surface area contributed by atoms with E-state index < -0.39 is 5.97 Å². The lowest BCUT2D eigenvalue weighted by Gasteiger charge is -2.03. The minimum absolute atomic E-state index is 0.0512. The molecular formula is C13H13NO3. The Hall–Kier alpha value is -2.10. The number of aliphatic carboxylic acids is 1. The first-order valence-corrected chi connectivity index (χ1v) is 5.32. The van der Waals surface area contributed by atoms with Crippen LogP contribution in [-0.2, 0) is 11.3 Å². The molecule has 4 heteroatoms. The molecule has 0 aliphatic carbocycles. The van der Waals surface area contributed by atoms with E-state index >= 15 is 0 Å². The van der Waals surface area contributed by atoms with Crippen molar-refractivity contribution in [3.05, 3.63) is 35.5 Å². The maximum atomic E-state index is 11.5. The number of carboxylic acids is 1. The van der Waals surface area contributed by atoms with Gasteiger partial charge < -0.3 is 9.67 Å². The first-order chi connectivity index (χ1) is 8.00. The normalized spacial score (nSPS) is 10.7. The van der Waals surface area contributed by atoms with Crippen molar-refractivity contribution < 1.29 is 14.7 Å². The third-order valence-electron chi connectivity index (χ3n) is 2.78. The van der Waals surface area contributed by atoms with E-state index in [1.54, 1.807) is 10.8 Å². The van der Waals surface area contributed by atoms with Gasteiger partial charge in [-0.25, -0.2) is 0 Å². The molecule has 0 spiro atoms. The lowest BCUT2D eigenvalue weighted by Crippen LogP contribution is -2.07. The second-order valence-corrected chi connectivity index (χ2v) is 4.09. The maximum Gasteiger partial charge on any atom is 0.323 e. The summed E-state index contributed by atoms with van der Waals surface area (Å²) in [7, 11) is 0. The van der Waals surface area contributed by atoms with Gasteiger partial charge in [0.05, 0.1) is 5.52 Å². The van der Waals surface area contributed by atoms with Crippen LogP contribution in [0.3, 0.4) is 0 Å². The molecule has 0 bridgehead atoms. The summed E-state index contributed by atoms with van der Waals surface area (Å²) in [6, 6.07) is 5.62. The van der Waals surface area contributed by atoms with Crippen LogP contribution in [0.4, 0.5) is 0 Å². The Balaban J connectivity index is 2.75. The number of aromatic nitrogens is 1. The molecule has 0 atom stereocenters. The van der Waals surface area contributed by atoms with E-state index in [0.29, 0.717) is 5.56 Å². The number of carbonyl (C=O) groups excluding carboxylic acids is 1. The van der Waals surface area contributed by atoms with E-state index in [9.17, 15) is 9.59 Å². The molecule has 0 saturated heterocycles. The number of carbonyl (C=O) groups is 2. The van der Waals surface area contributed by atoms with Crippen LogP contribution in [0.15, 0.2) is 24.4 Å². The summed E-state index contributed by atoms with van der Waals surface area (Å²) >= 11 is 0. The van der Waals surface area contributed by atoms with E-state index in [1.165, 1.54) is 6.92 Å². The summed E-state index contributed by atoms with van der Waals surface area (Å²) in [5.74, 6) is -0.968. The van der Waals surface area contributed by atoms with Gasteiger partial charge in [0.1, 0.15) is 6.54 Å². The number of carboxylic acid groups (broad SMARTS) is 1. The molecule has 1 aromatic carbocycles. The van der Waals surface area contributed by atoms with Crippen molar-refractivity contribution in [2.24, 2.45) is 0 Å². The van der Waals surface area contributed by atoms with Gasteiger partial charge in [-0.15, -0.1) is 0 Å². The van der Waals surface area contributed by atoms with Crippen LogP contribution in [-0.4, -0.2) is 21.4 Å². The Bertz CT molecular complexity index is 610. The number of benzene rings is 1. The second-order valence-electron chi connectivity index (χ2n) is 4.09. The second kappa shape index (κ2) is 4.05. The molecule has 0 radical (unpaired) electrons. The molecule has 1 aromatic heterocycles. The molecule has 0 fully saturated rings. The Morgan fingerprint density at radius 2 is 2.06 bits per heavy atom. The number of fused-ring (bicyclic) bond motifs is 1. The summed E-state index contributed by atoms with van der Waals surface area (Å²) in [4.78, 5) is 22.3. The minimum Gasteiger partial charge on any atom is -0.480 e. The standard InChI is InChI=1S/C13H13NO3/c1-8-4-3-5-10-11(9(2)15)6-14(13(8)10)7-12(16)17/h3-6H,7H2,1-2H3,(H,16,17). The van der Waals surface area contributed by atoms with E-state index in [2.05, 4.69) is 0 Å². The van der Waals surface area contributed by atoms with Crippen LogP contribution in [0.1, 0.15) is 22.8 Å². The van der Waals surface area contributed by atoms with Crippen molar-refractivity contribution in [3.8, 4) is 0 Å². The number of hydrogen-bond acceptors (Lipinski definition) is 2. The van der Waals surface area contributed by atoms with Gasteiger partial charge in [-0.3, -0.25) is 9.59 Å². The predicted octanol–water partition coefficient (Wildman–Crippen LogP) is 2.24. The number of hydrogen-bond donors (Lipinski definition) is 1. The number of rotatable bonds is 3. The zero-order valence-electron chi connectivity index (χ0n) is 9.73. The van der Waals surface area contributed by atoms with Crippen LogP contribution < -0.4 is 0 Å². The largest absolute Gasteiger partial charge is 0.480 e. The van der Waals surface area contributed by atoms with Crippen LogP contribution in [0.2, 0.25) is 0 Å². The van der Waals surface area contributed by atoms with Gasteiger partial charge in [0.25, 0.3) is 0 Å². The molecule has 2 rings (SSSR count). The van der Waals surface area contributed by atoms with Gasteiger partial charge in [0, 0.05) is 17.1 Å². The molecule has 1 N–H and O–H groups in total. The van der Waals surface area contributed by atoms with Crippen molar-refractivity contribution >= 4 is 22.7 Å². The molecule has 0 aliphatic rings. The van der Waals surface area contributed by atoms with E-state index in [-0.39, 0.29) is 12.3 Å². The van der Waals surface area contributed by atoms with Gasteiger partial charge in [-0.1, -0.05) is 18.2 Å². The van der Waals surface area contributed by atoms with Crippen molar-refractivity contribution in [2.45, 2.75) is 20.4 Å². The van der Waals surface area contributed by atoms with Crippen LogP contribution in [0.25, 0.3) is 10.9 Å². The smallest absolute Gasteiger partial charge is 0.323 e. The fraction of sp³-hybridized carbons (Fsp3) is 0.231. The third-order valence-corrected chi connectivity index (χ3v) is 2.78. The monoisotopic (exact) mass is 231 g/mol. The number of Topliss-reactive ketones (excluding diaryl/α,β-unsaturated/α-hetero) is 1. The highest BCUT2D eigenvalue weighted by molar-refractivity contribution is 6.07. The highest BCUT2D eigenvalue weighted by Crippen LogP contribution is 2.24. The van der Waals surface area contributed by atoms with E-state index in [4.69, 9.17) is 5.11 Å². The summed E-state index contributed by atoms with van der Waals surface area (Å²) in [5.41, 5.74) is 2.36. The first-order valence-electron chi connectivity index (χ1n) is 5.32. The number of nitrogens with zero attached hydrogens (tertiary/aromatic N) is 1. The van der Waals surface area contributed by atoms with Crippen LogP contribution in [0, 0.1) is 6.92 Å². The fourth-order valence-electron chi connectivity index (χ4n) is 2.10. The summed E-state index contributed by atoms with van der Waals surface area (Å²) in [5, 5.41) is 9.68. The molecule has 2 aromatic rings. The summed E-state index contributed by atoms with van der Waals surface area (Å²) in [6.45, 7) is 3.27. The molecule has 0 unspecified atom stereocenters. The van der Waals surface area contributed by atoms with Gasteiger partial charge in [0.2, 0.25) is 0 Å². The lowest BCUT2D eigenvalue weighted by molar-refractivity contribution is -0.137. The lowest BCUT2D eigenvalue weighted by atomic mass is 10.1. The average Bonchev–Trinajstić information content (AvgIpc) is 2.57. The minimum atomic E-state index is -0.916. The average molecular weight is 231 g/mol. The van der Waals surface area contributed by atoms with Crippen molar-refractivity contribution in [2.75, 3.05) is 0 Å². The van der Waals surface area contributed by atoms with Crippen LogP contribution >= 0.6 is 0 Å². The Morgan fingerprint density at radius 3 is 2.65 bits per heavy atom. The molecule has 0 amide bonds. The van der Waals surface area contributed by atoms with Gasteiger partial charge >= 0.3 is 5.97 Å². The molecule has 0 saturated carbocycles. The van der Waals surface area contributed by atoms with Crippen molar-refractivity contribution in [3.63, 3.8) is 0 Å². The number of para-hydroxylation sites is 1. The Morgan fingerprint density at radius 1 is 1.35 bits per heavy atom. The molecule has 17 heavy (non-hydrogen) atoms. The molecule has 1 heterocycles. The fourth-order valence-corrected chi connectivity index (χ4v) is 2.10. The quantitative estimate of drug-likeness (QED) is 0.824. The number of ketones is 1. The van der Waals surface area contributed by atoms with Gasteiger partial charge in [-0.05, 0) is 19.4 Å². The molecule has 4 nitrogen and oxygen atoms in total. The zero-order chi connectivity index (χ0) is 12.6. The van der Waals surface area contributed by atoms with E-state index in [0.717, 1.165) is 16.5 Å². The molecule has 0 aliphatic heterocycles. The Labute approximate surface area is 98.5 Å². The zero-order valence-corrected chi connectivity index (χ0v) is 9.73. The highest BCUT2D eigenvalue weighted by Gasteiger charge is 2.14. The van der Waals surface area contributed by atoms with Crippen molar-refractivity contribution in [1.82, 2.24) is 4.57 Å². The number of aryl methyl sites for hydroxylation is 1. The van der Waals surface area contributed by atoms with E-state index in [1.807, 2.05) is 25.1 Å². The third kappa shape index (κ3) is 1.93. The summed E-state index contributed by atoms with van der Waals surface area (Å²) < 4.78 is 1.61. The van der Waals surface area contributed by atoms with Gasteiger partial charge in [0.15, 0.2) is 5.78 Å². The molecular weight excluding hydrogens is 218 g/mol. The summed E-state index contributed by atoms with van der Waals surface area (Å²) in [6.07, 6.45) is 1.62. The molecule has 88 valence electrons. The SMILES string of the molecule is CC(=O)c1cn(CC(=O)O)c2c(C)cccc12. The highest BCUT2D eigenvalue weighted by atomic mass is 16.4. The Kier molecular flexibility index (Phi) is 2.71.